The van der Waals surface area contributed by atoms with Gasteiger partial charge in [-0.2, -0.15) is 0 Å². The third-order valence-electron chi connectivity index (χ3n) is 5.94. The van der Waals surface area contributed by atoms with Crippen molar-refractivity contribution in [2.75, 3.05) is 37.6 Å². The van der Waals surface area contributed by atoms with Crippen molar-refractivity contribution in [2.24, 2.45) is 0 Å². The second kappa shape index (κ2) is 8.00. The van der Waals surface area contributed by atoms with Gasteiger partial charge in [0.25, 0.3) is 0 Å². The molecule has 1 amide bonds. The van der Waals surface area contributed by atoms with Gasteiger partial charge in [0.1, 0.15) is 0 Å². The zero-order valence-corrected chi connectivity index (χ0v) is 18.3. The van der Waals surface area contributed by atoms with Crippen molar-refractivity contribution in [2.45, 2.75) is 65.5 Å². The maximum absolute atomic E-state index is 12.0. The predicted octanol–water partition coefficient (Wildman–Crippen LogP) is 4.12. The fourth-order valence-electron chi connectivity index (χ4n) is 4.07. The Morgan fingerprint density at radius 2 is 1.81 bits per heavy atom. The van der Waals surface area contributed by atoms with Crippen molar-refractivity contribution in [3.8, 4) is 0 Å². The molecule has 4 nitrogen and oxygen atoms in total. The van der Waals surface area contributed by atoms with E-state index in [2.05, 4.69) is 49.6 Å². The lowest BCUT2D eigenvalue weighted by Crippen LogP contribution is -2.53. The molecule has 0 spiro atoms. The molecular weight excluding hydrogens is 358 g/mol. The van der Waals surface area contributed by atoms with Crippen molar-refractivity contribution in [1.29, 1.82) is 0 Å². The number of hydrogen-bond acceptors (Lipinski definition) is 3. The monoisotopic (exact) mass is 391 g/mol. The van der Waals surface area contributed by atoms with Crippen LogP contribution in [0.5, 0.6) is 0 Å². The third kappa shape index (κ3) is 4.97. The topological polar surface area (TPSA) is 26.8 Å². The maximum atomic E-state index is 12.0. The Morgan fingerprint density at radius 3 is 2.33 bits per heavy atom. The van der Waals surface area contributed by atoms with Crippen molar-refractivity contribution >= 4 is 23.2 Å². The number of carbonyl (C=O) groups is 1. The van der Waals surface area contributed by atoms with Crippen LogP contribution in [-0.4, -0.2) is 60.0 Å². The van der Waals surface area contributed by atoms with E-state index in [1.807, 2.05) is 4.90 Å². The van der Waals surface area contributed by atoms with Crippen LogP contribution in [0.4, 0.5) is 5.69 Å². The first-order chi connectivity index (χ1) is 12.7. The second-order valence-corrected chi connectivity index (χ2v) is 9.48. The summed E-state index contributed by atoms with van der Waals surface area (Å²) in [5, 5.41) is 0.831. The second-order valence-electron chi connectivity index (χ2n) is 9.07. The maximum Gasteiger partial charge on any atom is 0.219 e. The van der Waals surface area contributed by atoms with Gasteiger partial charge in [0.05, 0.1) is 0 Å². The Bertz CT molecular complexity index is 686. The lowest BCUT2D eigenvalue weighted by atomic mass is 10.0. The van der Waals surface area contributed by atoms with Crippen molar-refractivity contribution in [1.82, 2.24) is 9.80 Å². The molecule has 0 aromatic heterocycles. The fourth-order valence-corrected chi connectivity index (χ4v) is 4.23. The highest BCUT2D eigenvalue weighted by Gasteiger charge is 2.31. The SMILES string of the molecule is CC(=O)N(CCc1cc(C)c(Cl)cc1N1CCN(C(C)(C)C)CC1)C1CC1. The summed E-state index contributed by atoms with van der Waals surface area (Å²) in [5.74, 6) is 0.198. The van der Waals surface area contributed by atoms with Crippen LogP contribution in [0, 0.1) is 6.92 Å². The minimum absolute atomic E-state index is 0.198. The molecule has 1 saturated heterocycles. The minimum Gasteiger partial charge on any atom is -0.369 e. The van der Waals surface area contributed by atoms with Crippen LogP contribution in [0.2, 0.25) is 5.02 Å². The van der Waals surface area contributed by atoms with Gasteiger partial charge in [0, 0.05) is 61.9 Å². The van der Waals surface area contributed by atoms with Gasteiger partial charge in [-0.3, -0.25) is 9.69 Å². The smallest absolute Gasteiger partial charge is 0.219 e. The average Bonchev–Trinajstić information content (AvgIpc) is 3.42. The van der Waals surface area contributed by atoms with Crippen LogP contribution in [0.15, 0.2) is 12.1 Å². The summed E-state index contributed by atoms with van der Waals surface area (Å²) >= 11 is 6.48. The summed E-state index contributed by atoms with van der Waals surface area (Å²) in [5.41, 5.74) is 3.89. The van der Waals surface area contributed by atoms with E-state index in [9.17, 15) is 4.79 Å². The van der Waals surface area contributed by atoms with Gasteiger partial charge in [-0.1, -0.05) is 17.7 Å². The highest BCUT2D eigenvalue weighted by Crippen LogP contribution is 2.32. The fraction of sp³-hybridized carbons (Fsp3) is 0.682. The number of aryl methyl sites for hydroxylation is 1. The number of carbonyl (C=O) groups excluding carboxylic acids is 1. The van der Waals surface area contributed by atoms with Crippen LogP contribution >= 0.6 is 11.6 Å². The van der Waals surface area contributed by atoms with Gasteiger partial charge in [0.15, 0.2) is 0 Å². The number of halogens is 1. The lowest BCUT2D eigenvalue weighted by molar-refractivity contribution is -0.129. The van der Waals surface area contributed by atoms with Crippen LogP contribution < -0.4 is 4.90 Å². The summed E-state index contributed by atoms with van der Waals surface area (Å²) < 4.78 is 0. The number of piperazine rings is 1. The zero-order valence-electron chi connectivity index (χ0n) is 17.5. The number of hydrogen-bond donors (Lipinski definition) is 0. The molecule has 27 heavy (non-hydrogen) atoms. The Morgan fingerprint density at radius 1 is 1.19 bits per heavy atom. The normalized spacial score (nSPS) is 18.7. The Kier molecular flexibility index (Phi) is 6.07. The number of nitrogens with zero attached hydrogens (tertiary/aromatic N) is 3. The average molecular weight is 392 g/mol. The van der Waals surface area contributed by atoms with Gasteiger partial charge in [0.2, 0.25) is 5.91 Å². The molecule has 0 unspecified atom stereocenters. The summed E-state index contributed by atoms with van der Waals surface area (Å²) in [6.45, 7) is 15.6. The highest BCUT2D eigenvalue weighted by molar-refractivity contribution is 6.31. The van der Waals surface area contributed by atoms with Gasteiger partial charge in [-0.25, -0.2) is 0 Å². The van der Waals surface area contributed by atoms with E-state index in [0.717, 1.165) is 62.6 Å². The number of benzene rings is 1. The first-order valence-electron chi connectivity index (χ1n) is 10.2. The molecule has 5 heteroatoms. The van der Waals surface area contributed by atoms with Crippen LogP contribution in [-0.2, 0) is 11.2 Å². The Balaban J connectivity index is 1.75. The van der Waals surface area contributed by atoms with E-state index in [1.54, 1.807) is 6.92 Å². The summed E-state index contributed by atoms with van der Waals surface area (Å²) in [4.78, 5) is 19.0. The van der Waals surface area contributed by atoms with E-state index < -0.39 is 0 Å². The van der Waals surface area contributed by atoms with E-state index in [0.29, 0.717) is 6.04 Å². The van der Waals surface area contributed by atoms with Crippen molar-refractivity contribution < 1.29 is 4.79 Å². The number of anilines is 1. The molecule has 0 radical (unpaired) electrons. The summed E-state index contributed by atoms with van der Waals surface area (Å²) in [7, 11) is 0. The molecule has 1 aliphatic carbocycles. The predicted molar refractivity (Wildman–Crippen MR) is 114 cm³/mol. The molecule has 0 atom stereocenters. The van der Waals surface area contributed by atoms with E-state index in [4.69, 9.17) is 11.6 Å². The molecule has 1 aromatic carbocycles. The zero-order chi connectivity index (χ0) is 19.8. The van der Waals surface area contributed by atoms with Crippen molar-refractivity contribution in [3.05, 3.63) is 28.3 Å². The molecule has 2 fully saturated rings. The molecule has 1 aromatic rings. The van der Waals surface area contributed by atoms with Gasteiger partial charge >= 0.3 is 0 Å². The summed E-state index contributed by atoms with van der Waals surface area (Å²) in [6.07, 6.45) is 3.20. The van der Waals surface area contributed by atoms with Gasteiger partial charge in [-0.15, -0.1) is 0 Å². The van der Waals surface area contributed by atoms with Gasteiger partial charge < -0.3 is 9.80 Å². The minimum atomic E-state index is 0.198. The largest absolute Gasteiger partial charge is 0.369 e. The van der Waals surface area contributed by atoms with Crippen LogP contribution in [0.3, 0.4) is 0 Å². The molecule has 1 heterocycles. The Labute approximate surface area is 169 Å². The molecule has 1 aliphatic heterocycles. The molecule has 0 bridgehead atoms. The molecule has 0 N–H and O–H groups in total. The quantitative estimate of drug-likeness (QED) is 0.755. The van der Waals surface area contributed by atoms with Crippen LogP contribution in [0.1, 0.15) is 51.7 Å². The Hall–Kier alpha value is -1.26. The molecule has 3 rings (SSSR count). The van der Waals surface area contributed by atoms with E-state index >= 15 is 0 Å². The van der Waals surface area contributed by atoms with Crippen LogP contribution in [0.25, 0.3) is 0 Å². The standard InChI is InChI=1S/C22H34ClN3O/c1-16-14-18(8-9-26(17(2)27)19-6-7-19)21(15-20(16)23)24-10-12-25(13-11-24)22(3,4)5/h14-15,19H,6-13H2,1-5H3. The molecule has 1 saturated carbocycles. The third-order valence-corrected chi connectivity index (χ3v) is 6.35. The lowest BCUT2D eigenvalue weighted by Gasteiger charge is -2.43. The number of amides is 1. The highest BCUT2D eigenvalue weighted by atomic mass is 35.5. The van der Waals surface area contributed by atoms with Crippen molar-refractivity contribution in [3.63, 3.8) is 0 Å². The molecule has 150 valence electrons. The van der Waals surface area contributed by atoms with E-state index in [-0.39, 0.29) is 11.4 Å². The van der Waals surface area contributed by atoms with Gasteiger partial charge in [-0.05, 0) is 64.2 Å². The molecule has 2 aliphatic rings. The van der Waals surface area contributed by atoms with E-state index in [1.165, 1.54) is 11.3 Å². The first kappa shape index (κ1) is 20.5. The first-order valence-corrected chi connectivity index (χ1v) is 10.6. The molecular formula is C22H34ClN3O. The summed E-state index contributed by atoms with van der Waals surface area (Å²) in [6, 6.07) is 4.82. The number of rotatable bonds is 5.